The summed E-state index contributed by atoms with van der Waals surface area (Å²) in [5.74, 6) is -0.257. The van der Waals surface area contributed by atoms with E-state index in [4.69, 9.17) is 16.4 Å². The lowest BCUT2D eigenvalue weighted by molar-refractivity contribution is 0.0520. The van der Waals surface area contributed by atoms with Crippen LogP contribution < -0.4 is 0 Å². The largest absolute Gasteiger partial charge is 0.375 e. The van der Waals surface area contributed by atoms with Crippen molar-refractivity contribution in [1.82, 2.24) is 0 Å². The lowest BCUT2D eigenvalue weighted by Crippen LogP contribution is -2.17. The van der Waals surface area contributed by atoms with E-state index in [1.54, 1.807) is 53.2 Å². The zero-order valence-electron chi connectivity index (χ0n) is 18.4. The van der Waals surface area contributed by atoms with Gasteiger partial charge in [0.25, 0.3) is 0 Å². The van der Waals surface area contributed by atoms with Gasteiger partial charge in [-0.05, 0) is 72.1 Å². The maximum absolute atomic E-state index is 13.2. The van der Waals surface area contributed by atoms with E-state index in [9.17, 15) is 9.59 Å². The minimum Gasteiger partial charge on any atom is -0.311 e. The number of Topliss-reactive ketones (excluding diaryl/α,β-unsaturated/α-hetero) is 1. The summed E-state index contributed by atoms with van der Waals surface area (Å²) in [7, 11) is 0. The Morgan fingerprint density at radius 3 is 2.20 bits per heavy atom. The third-order valence-electron chi connectivity index (χ3n) is 4.74. The van der Waals surface area contributed by atoms with Crippen LogP contribution >= 0.6 is 46.5 Å². The quantitative estimate of drug-likeness (QED) is 0.0671. The number of ketones is 1. The second-order valence-corrected chi connectivity index (χ2v) is 10.9. The first kappa shape index (κ1) is 25.3. The highest BCUT2D eigenvalue weighted by molar-refractivity contribution is 7.99. The van der Waals surface area contributed by atoms with Crippen LogP contribution in [0.5, 0.6) is 0 Å². The molecule has 0 bridgehead atoms. The minimum atomic E-state index is -0.578. The van der Waals surface area contributed by atoms with Crippen LogP contribution in [0.3, 0.4) is 0 Å². The molecule has 0 N–H and O–H groups in total. The molecule has 0 saturated carbocycles. The molecule has 8 heteroatoms. The van der Waals surface area contributed by atoms with E-state index in [-0.39, 0.29) is 11.5 Å². The Hall–Kier alpha value is -2.84. The van der Waals surface area contributed by atoms with Crippen molar-refractivity contribution in [2.45, 2.75) is 21.1 Å². The summed E-state index contributed by atoms with van der Waals surface area (Å²) in [6, 6.07) is 28.3. The molecule has 0 amide bonds. The van der Waals surface area contributed by atoms with Crippen molar-refractivity contribution >= 4 is 63.9 Å². The van der Waals surface area contributed by atoms with Crippen LogP contribution in [0.15, 0.2) is 116 Å². The predicted octanol–water partition coefficient (Wildman–Crippen LogP) is 8.13. The van der Waals surface area contributed by atoms with E-state index in [1.165, 1.54) is 11.3 Å². The van der Waals surface area contributed by atoms with Crippen LogP contribution in [-0.4, -0.2) is 23.2 Å². The fourth-order valence-corrected chi connectivity index (χ4v) is 5.42. The second kappa shape index (κ2) is 12.7. The van der Waals surface area contributed by atoms with Gasteiger partial charge in [-0.2, -0.15) is 0 Å². The van der Waals surface area contributed by atoms with Crippen LogP contribution in [0.2, 0.25) is 5.02 Å². The first-order valence-electron chi connectivity index (χ1n) is 10.7. The molecule has 176 valence electrons. The Morgan fingerprint density at radius 1 is 0.829 bits per heavy atom. The van der Waals surface area contributed by atoms with E-state index >= 15 is 0 Å². The molecule has 0 atom stereocenters. The Bertz CT molecular complexity index is 1290. The molecule has 0 unspecified atom stereocenters. The van der Waals surface area contributed by atoms with Gasteiger partial charge in [0.15, 0.2) is 0 Å². The van der Waals surface area contributed by atoms with E-state index in [1.807, 2.05) is 66.7 Å². The van der Waals surface area contributed by atoms with Gasteiger partial charge in [-0.1, -0.05) is 52.8 Å². The number of rotatable bonds is 10. The lowest BCUT2D eigenvalue weighted by atomic mass is 10.1. The van der Waals surface area contributed by atoms with Crippen LogP contribution in [-0.2, 0) is 4.84 Å². The van der Waals surface area contributed by atoms with Gasteiger partial charge in [0.1, 0.15) is 10.6 Å². The third-order valence-corrected chi connectivity index (χ3v) is 7.87. The normalized spacial score (nSPS) is 11.3. The number of hydrogen-bond donors (Lipinski definition) is 0. The summed E-state index contributed by atoms with van der Waals surface area (Å²) in [5.41, 5.74) is 0.685. The highest BCUT2D eigenvalue weighted by atomic mass is 35.5. The van der Waals surface area contributed by atoms with Crippen molar-refractivity contribution < 1.29 is 14.4 Å². The van der Waals surface area contributed by atoms with Crippen molar-refractivity contribution in [3.05, 3.63) is 112 Å². The Balaban J connectivity index is 1.46. The van der Waals surface area contributed by atoms with E-state index < -0.39 is 5.97 Å². The molecule has 1 heterocycles. The molecule has 0 fully saturated rings. The summed E-state index contributed by atoms with van der Waals surface area (Å²) >= 11 is 10.4. The smallest absolute Gasteiger partial charge is 0.311 e. The standard InChI is InChI=1S/C27H20ClNO3S3/c28-20-10-14-21(15-11-20)33-18-16-24(29-32-27(31)25-7-4-17-34-25)26(30)19-8-12-23(13-9-19)35-22-5-2-1-3-6-22/h1-15,17H,16,18H2/b29-24+. The van der Waals surface area contributed by atoms with Crippen molar-refractivity contribution in [3.63, 3.8) is 0 Å². The molecule has 0 saturated heterocycles. The van der Waals surface area contributed by atoms with E-state index in [0.29, 0.717) is 27.6 Å². The molecule has 4 aromatic rings. The number of thioether (sulfide) groups is 1. The first-order chi connectivity index (χ1) is 17.1. The lowest BCUT2D eigenvalue weighted by Gasteiger charge is -2.07. The number of nitrogens with zero attached hydrogens (tertiary/aromatic N) is 1. The minimum absolute atomic E-state index is 0.194. The molecular weight excluding hydrogens is 518 g/mol. The zero-order valence-corrected chi connectivity index (χ0v) is 21.6. The predicted molar refractivity (Wildman–Crippen MR) is 145 cm³/mol. The topological polar surface area (TPSA) is 55.7 Å². The maximum atomic E-state index is 13.2. The average molecular weight is 538 g/mol. The number of carbonyl (C=O) groups excluding carboxylic acids is 2. The van der Waals surface area contributed by atoms with Crippen LogP contribution in [0.25, 0.3) is 0 Å². The molecule has 0 aliphatic heterocycles. The summed E-state index contributed by atoms with van der Waals surface area (Å²) < 4.78 is 0. The van der Waals surface area contributed by atoms with Crippen molar-refractivity contribution in [2.24, 2.45) is 5.16 Å². The number of thiophene rings is 1. The highest BCUT2D eigenvalue weighted by Gasteiger charge is 2.17. The Morgan fingerprint density at radius 2 is 1.51 bits per heavy atom. The molecule has 4 rings (SSSR count). The van der Waals surface area contributed by atoms with Gasteiger partial charge < -0.3 is 4.84 Å². The van der Waals surface area contributed by atoms with Gasteiger partial charge in [-0.3, -0.25) is 4.79 Å². The zero-order chi connectivity index (χ0) is 24.5. The molecule has 0 spiro atoms. The van der Waals surface area contributed by atoms with Crippen LogP contribution in [0.4, 0.5) is 0 Å². The Kier molecular flexibility index (Phi) is 9.20. The summed E-state index contributed by atoms with van der Waals surface area (Å²) in [5, 5.41) is 6.43. The van der Waals surface area contributed by atoms with Gasteiger partial charge in [-0.15, -0.1) is 23.1 Å². The summed E-state index contributed by atoms with van der Waals surface area (Å²) in [6.45, 7) is 0. The average Bonchev–Trinajstić information content (AvgIpc) is 3.43. The molecule has 0 aliphatic rings. The molecular formula is C27H20ClNO3S3. The number of benzene rings is 3. The summed E-state index contributed by atoms with van der Waals surface area (Å²) in [6.07, 6.45) is 0.338. The molecule has 1 aromatic heterocycles. The fourth-order valence-electron chi connectivity index (χ4n) is 3.00. The molecule has 3 aromatic carbocycles. The third kappa shape index (κ3) is 7.57. The fraction of sp³-hybridized carbons (Fsp3) is 0.0741. The molecule has 0 aliphatic carbocycles. The van der Waals surface area contributed by atoms with Gasteiger partial charge in [0.05, 0.1) is 0 Å². The van der Waals surface area contributed by atoms with E-state index in [2.05, 4.69) is 5.16 Å². The maximum Gasteiger partial charge on any atom is 0.375 e. The molecule has 0 radical (unpaired) electrons. The SMILES string of the molecule is O=C(/C(CCSc1ccc(Cl)cc1)=N/OC(=O)c1cccs1)c1ccc(Sc2ccccc2)cc1. The van der Waals surface area contributed by atoms with Crippen molar-refractivity contribution in [3.8, 4) is 0 Å². The van der Waals surface area contributed by atoms with Crippen LogP contribution in [0.1, 0.15) is 26.5 Å². The van der Waals surface area contributed by atoms with Gasteiger partial charge in [0, 0.05) is 37.4 Å². The van der Waals surface area contributed by atoms with Crippen molar-refractivity contribution in [2.75, 3.05) is 5.75 Å². The molecule has 4 nitrogen and oxygen atoms in total. The summed E-state index contributed by atoms with van der Waals surface area (Å²) in [4.78, 5) is 34.2. The molecule has 35 heavy (non-hydrogen) atoms. The number of carbonyl (C=O) groups is 2. The second-order valence-electron chi connectivity index (χ2n) is 7.22. The van der Waals surface area contributed by atoms with Crippen LogP contribution in [0, 0.1) is 0 Å². The highest BCUT2D eigenvalue weighted by Crippen LogP contribution is 2.28. The number of hydrogen-bond acceptors (Lipinski definition) is 7. The number of oxime groups is 1. The van der Waals surface area contributed by atoms with Gasteiger partial charge >= 0.3 is 5.97 Å². The van der Waals surface area contributed by atoms with Crippen molar-refractivity contribution in [1.29, 1.82) is 0 Å². The monoisotopic (exact) mass is 537 g/mol. The first-order valence-corrected chi connectivity index (χ1v) is 13.7. The van der Waals surface area contributed by atoms with E-state index in [0.717, 1.165) is 14.7 Å². The number of halogens is 1. The Labute approximate surface area is 221 Å². The van der Waals surface area contributed by atoms with Gasteiger partial charge in [0.2, 0.25) is 5.78 Å². The van der Waals surface area contributed by atoms with Gasteiger partial charge in [-0.25, -0.2) is 4.79 Å².